The van der Waals surface area contributed by atoms with Gasteiger partial charge in [-0.3, -0.25) is 4.57 Å². The highest BCUT2D eigenvalue weighted by Gasteiger charge is 2.29. The molecule has 0 saturated carbocycles. The molecule has 0 aliphatic rings. The molecule has 0 fully saturated rings. The van der Waals surface area contributed by atoms with Crippen molar-refractivity contribution in [3.63, 3.8) is 0 Å². The van der Waals surface area contributed by atoms with E-state index in [0.717, 1.165) is 0 Å². The van der Waals surface area contributed by atoms with Crippen molar-refractivity contribution in [3.05, 3.63) is 12.7 Å². The van der Waals surface area contributed by atoms with Gasteiger partial charge in [0, 0.05) is 0 Å². The second kappa shape index (κ2) is 8.23. The fraction of sp³-hybridized carbons (Fsp3) is 0.667. The topological polar surface area (TPSA) is 114 Å². The first-order valence-electron chi connectivity index (χ1n) is 8.19. The maximum absolute atomic E-state index is 12.8. The molecule has 0 bridgehead atoms. The summed E-state index contributed by atoms with van der Waals surface area (Å²) in [6, 6.07) is 0. The van der Waals surface area contributed by atoms with Crippen LogP contribution in [0.3, 0.4) is 0 Å². The molecule has 140 valence electrons. The number of fused-ring (bicyclic) bond motifs is 1. The lowest BCUT2D eigenvalue weighted by molar-refractivity contribution is 0.0549. The van der Waals surface area contributed by atoms with Crippen LogP contribution in [0.5, 0.6) is 0 Å². The maximum atomic E-state index is 12.8. The minimum atomic E-state index is -3.32. The van der Waals surface area contributed by atoms with Gasteiger partial charge in [-0.1, -0.05) is 0 Å². The number of nitrogens with two attached hydrogens (primary N) is 1. The monoisotopic (exact) mass is 371 g/mol. The molecule has 0 radical (unpaired) electrons. The molecular formula is C15H26N5O4P. The lowest BCUT2D eigenvalue weighted by atomic mass is 10.4. The van der Waals surface area contributed by atoms with E-state index in [0.29, 0.717) is 23.5 Å². The van der Waals surface area contributed by atoms with Crippen molar-refractivity contribution in [1.29, 1.82) is 0 Å². The zero-order chi connectivity index (χ0) is 18.6. The van der Waals surface area contributed by atoms with Crippen LogP contribution in [0.15, 0.2) is 12.7 Å². The number of imidazole rings is 1. The fourth-order valence-electron chi connectivity index (χ4n) is 2.31. The number of anilines is 1. The molecule has 0 aliphatic heterocycles. The molecule has 1 atom stereocenters. The number of hydrogen-bond donors (Lipinski definition) is 1. The molecule has 0 amide bonds. The third-order valence-corrected chi connectivity index (χ3v) is 5.09. The molecule has 0 unspecified atom stereocenters. The Morgan fingerprint density at radius 3 is 2.36 bits per heavy atom. The van der Waals surface area contributed by atoms with Gasteiger partial charge in [-0.05, 0) is 34.6 Å². The van der Waals surface area contributed by atoms with E-state index in [1.54, 1.807) is 6.33 Å². The predicted molar refractivity (Wildman–Crippen MR) is 95.2 cm³/mol. The summed E-state index contributed by atoms with van der Waals surface area (Å²) in [5.41, 5.74) is 6.96. The van der Waals surface area contributed by atoms with Gasteiger partial charge < -0.3 is 24.1 Å². The molecule has 2 aromatic rings. The zero-order valence-corrected chi connectivity index (χ0v) is 16.1. The van der Waals surface area contributed by atoms with E-state index in [1.165, 1.54) is 6.33 Å². The Balaban J connectivity index is 2.01. The first-order chi connectivity index (χ1) is 11.7. The van der Waals surface area contributed by atoms with Gasteiger partial charge in [0.1, 0.15) is 18.2 Å². The Hall–Kier alpha value is -1.54. The standard InChI is InChI=1S/C15H26N5O4P/c1-10(2)23-25(21,24-11(3)4)9-22-12(5)6-20-8-19-13-14(16)17-7-18-15(13)20/h7-8,10-12H,6,9H2,1-5H3,(H2,16,17,18)/t12-/m1/s1. The van der Waals surface area contributed by atoms with Gasteiger partial charge >= 0.3 is 7.60 Å². The van der Waals surface area contributed by atoms with Gasteiger partial charge in [0.15, 0.2) is 11.5 Å². The Morgan fingerprint density at radius 1 is 1.12 bits per heavy atom. The number of hydrogen-bond acceptors (Lipinski definition) is 8. The van der Waals surface area contributed by atoms with Crippen molar-refractivity contribution < 1.29 is 18.3 Å². The molecular weight excluding hydrogens is 345 g/mol. The molecule has 10 heteroatoms. The Labute approximate surface area is 147 Å². The van der Waals surface area contributed by atoms with E-state index in [-0.39, 0.29) is 24.7 Å². The van der Waals surface area contributed by atoms with Gasteiger partial charge in [-0.15, -0.1) is 0 Å². The second-order valence-electron chi connectivity index (χ2n) is 6.35. The van der Waals surface area contributed by atoms with E-state index < -0.39 is 7.60 Å². The number of nitrogen functional groups attached to an aromatic ring is 1. The summed E-state index contributed by atoms with van der Waals surface area (Å²) < 4.78 is 31.3. The smallest absolute Gasteiger partial charge is 0.356 e. The SMILES string of the molecule is CC(C)OP(=O)(CO[C@H](C)Cn1cnc2c(N)ncnc21)OC(C)C. The van der Waals surface area contributed by atoms with Crippen molar-refractivity contribution in [2.75, 3.05) is 12.1 Å². The highest BCUT2D eigenvalue weighted by atomic mass is 31.2. The summed E-state index contributed by atoms with van der Waals surface area (Å²) in [4.78, 5) is 12.3. The van der Waals surface area contributed by atoms with Crippen molar-refractivity contribution in [2.45, 2.75) is 59.5 Å². The van der Waals surface area contributed by atoms with Crippen LogP contribution in [0.1, 0.15) is 34.6 Å². The average Bonchev–Trinajstić information content (AvgIpc) is 2.88. The molecule has 9 nitrogen and oxygen atoms in total. The summed E-state index contributed by atoms with van der Waals surface area (Å²) in [5.74, 6) is 0.331. The molecule has 2 N–H and O–H groups in total. The third-order valence-electron chi connectivity index (χ3n) is 3.14. The highest BCUT2D eigenvalue weighted by Crippen LogP contribution is 2.50. The molecule has 2 heterocycles. The average molecular weight is 371 g/mol. The van der Waals surface area contributed by atoms with Crippen molar-refractivity contribution >= 4 is 24.6 Å². The van der Waals surface area contributed by atoms with Crippen LogP contribution < -0.4 is 5.73 Å². The van der Waals surface area contributed by atoms with Crippen molar-refractivity contribution in [1.82, 2.24) is 19.5 Å². The molecule has 2 aromatic heterocycles. The van der Waals surface area contributed by atoms with Crippen LogP contribution in [-0.4, -0.2) is 44.2 Å². The van der Waals surface area contributed by atoms with E-state index in [1.807, 2.05) is 39.2 Å². The Morgan fingerprint density at radius 2 is 1.76 bits per heavy atom. The largest absolute Gasteiger partial charge is 0.382 e. The lowest BCUT2D eigenvalue weighted by Gasteiger charge is -2.24. The third kappa shape index (κ3) is 5.47. The molecule has 25 heavy (non-hydrogen) atoms. The number of aromatic nitrogens is 4. The van der Waals surface area contributed by atoms with Crippen LogP contribution >= 0.6 is 7.60 Å². The quantitative estimate of drug-likeness (QED) is 0.669. The van der Waals surface area contributed by atoms with Crippen molar-refractivity contribution in [3.8, 4) is 0 Å². The van der Waals surface area contributed by atoms with E-state index in [2.05, 4.69) is 15.0 Å². The van der Waals surface area contributed by atoms with Crippen molar-refractivity contribution in [2.24, 2.45) is 0 Å². The van der Waals surface area contributed by atoms with Gasteiger partial charge in [-0.25, -0.2) is 15.0 Å². The molecule has 2 rings (SSSR count). The Bertz CT molecular complexity index is 735. The summed E-state index contributed by atoms with van der Waals surface area (Å²) in [7, 11) is -3.32. The zero-order valence-electron chi connectivity index (χ0n) is 15.2. The van der Waals surface area contributed by atoms with E-state index in [9.17, 15) is 4.57 Å². The van der Waals surface area contributed by atoms with Crippen LogP contribution in [0, 0.1) is 0 Å². The van der Waals surface area contributed by atoms with Gasteiger partial charge in [0.25, 0.3) is 0 Å². The van der Waals surface area contributed by atoms with Crippen LogP contribution in [0.2, 0.25) is 0 Å². The summed E-state index contributed by atoms with van der Waals surface area (Å²) in [6.45, 7) is 9.56. The van der Waals surface area contributed by atoms with E-state index >= 15 is 0 Å². The molecule has 0 aliphatic carbocycles. The number of rotatable bonds is 9. The summed E-state index contributed by atoms with van der Waals surface area (Å²) in [5, 5.41) is 0. The van der Waals surface area contributed by atoms with E-state index in [4.69, 9.17) is 19.5 Å². The summed E-state index contributed by atoms with van der Waals surface area (Å²) in [6.07, 6.45) is 2.20. The first-order valence-corrected chi connectivity index (χ1v) is 9.91. The first kappa shape index (κ1) is 19.8. The number of ether oxygens (including phenoxy) is 1. The highest BCUT2D eigenvalue weighted by molar-refractivity contribution is 7.53. The van der Waals surface area contributed by atoms with Gasteiger partial charge in [0.2, 0.25) is 0 Å². The lowest BCUT2D eigenvalue weighted by Crippen LogP contribution is -2.19. The van der Waals surface area contributed by atoms with Crippen LogP contribution in [0.25, 0.3) is 11.2 Å². The maximum Gasteiger partial charge on any atom is 0.356 e. The fourth-order valence-corrected chi connectivity index (χ4v) is 4.20. The second-order valence-corrected chi connectivity index (χ2v) is 8.26. The molecule has 0 aromatic carbocycles. The minimum absolute atomic E-state index is 0.117. The molecule has 0 spiro atoms. The number of nitrogens with zero attached hydrogens (tertiary/aromatic N) is 4. The minimum Gasteiger partial charge on any atom is -0.382 e. The van der Waals surface area contributed by atoms with Gasteiger partial charge in [-0.2, -0.15) is 0 Å². The van der Waals surface area contributed by atoms with Gasteiger partial charge in [0.05, 0.1) is 31.2 Å². The normalized spacial score (nSPS) is 13.9. The molecule has 0 saturated heterocycles. The Kier molecular flexibility index (Phi) is 6.51. The summed E-state index contributed by atoms with van der Waals surface area (Å²) >= 11 is 0. The van der Waals surface area contributed by atoms with Crippen LogP contribution in [0.4, 0.5) is 5.82 Å². The predicted octanol–water partition coefficient (Wildman–Crippen LogP) is 2.81. The van der Waals surface area contributed by atoms with Crippen LogP contribution in [-0.2, 0) is 24.9 Å².